The summed E-state index contributed by atoms with van der Waals surface area (Å²) >= 11 is 0. The molecule has 7 nitrogen and oxygen atoms in total. The van der Waals surface area contributed by atoms with Gasteiger partial charge in [0.25, 0.3) is 0 Å². The average molecular weight is 189 g/mol. The van der Waals surface area contributed by atoms with E-state index >= 15 is 0 Å². The molecule has 0 fully saturated rings. The van der Waals surface area contributed by atoms with Crippen molar-refractivity contribution < 1.29 is 8.42 Å². The molecular formula is C4H7N5O2S. The molecule has 0 saturated heterocycles. The van der Waals surface area contributed by atoms with Gasteiger partial charge >= 0.3 is 0 Å². The number of hydrogen-bond acceptors (Lipinski definition) is 6. The first kappa shape index (κ1) is 8.68. The van der Waals surface area contributed by atoms with Gasteiger partial charge in [0.1, 0.15) is 18.0 Å². The summed E-state index contributed by atoms with van der Waals surface area (Å²) in [7, 11) is -3.94. The zero-order chi connectivity index (χ0) is 9.35. The number of nitrogens with zero attached hydrogens (tertiary/aromatic N) is 2. The van der Waals surface area contributed by atoms with Crippen molar-refractivity contribution >= 4 is 21.7 Å². The van der Waals surface area contributed by atoms with E-state index in [4.69, 9.17) is 16.6 Å². The lowest BCUT2D eigenvalue weighted by atomic mass is 10.5. The summed E-state index contributed by atoms with van der Waals surface area (Å²) in [6.45, 7) is 0. The molecule has 0 saturated carbocycles. The van der Waals surface area contributed by atoms with Crippen LogP contribution in [0.1, 0.15) is 0 Å². The van der Waals surface area contributed by atoms with Crippen LogP contribution in [-0.4, -0.2) is 18.4 Å². The van der Waals surface area contributed by atoms with Crippen LogP contribution in [0.4, 0.5) is 11.6 Å². The van der Waals surface area contributed by atoms with Crippen LogP contribution in [0.3, 0.4) is 0 Å². The molecule has 0 amide bonds. The van der Waals surface area contributed by atoms with Gasteiger partial charge in [-0.25, -0.2) is 23.5 Å². The second-order valence-corrected chi connectivity index (χ2v) is 3.52. The van der Waals surface area contributed by atoms with E-state index in [1.807, 2.05) is 0 Å². The quantitative estimate of drug-likeness (QED) is 0.480. The van der Waals surface area contributed by atoms with Gasteiger partial charge < -0.3 is 11.5 Å². The number of rotatable bonds is 1. The van der Waals surface area contributed by atoms with Gasteiger partial charge in [0.15, 0.2) is 4.90 Å². The average Bonchev–Trinajstić information content (AvgIpc) is 1.82. The minimum Gasteiger partial charge on any atom is -0.382 e. The molecule has 0 aliphatic heterocycles. The van der Waals surface area contributed by atoms with Crippen molar-refractivity contribution in [1.29, 1.82) is 0 Å². The van der Waals surface area contributed by atoms with Crippen LogP contribution in [-0.2, 0) is 10.0 Å². The third-order valence-electron chi connectivity index (χ3n) is 1.14. The highest BCUT2D eigenvalue weighted by Crippen LogP contribution is 2.17. The Morgan fingerprint density at radius 3 is 1.83 bits per heavy atom. The molecule has 0 radical (unpaired) electrons. The van der Waals surface area contributed by atoms with Gasteiger partial charge in [-0.3, -0.25) is 0 Å². The highest BCUT2D eigenvalue weighted by molar-refractivity contribution is 7.89. The zero-order valence-corrected chi connectivity index (χ0v) is 6.75. The van der Waals surface area contributed by atoms with Crippen LogP contribution in [0, 0.1) is 0 Å². The highest BCUT2D eigenvalue weighted by atomic mass is 32.2. The monoisotopic (exact) mass is 189 g/mol. The lowest BCUT2D eigenvalue weighted by Gasteiger charge is -2.02. The van der Waals surface area contributed by atoms with Gasteiger partial charge in [-0.1, -0.05) is 0 Å². The Balaban J connectivity index is 3.53. The minimum atomic E-state index is -3.94. The molecule has 0 aliphatic carbocycles. The maximum absolute atomic E-state index is 10.8. The zero-order valence-electron chi connectivity index (χ0n) is 5.93. The fourth-order valence-corrected chi connectivity index (χ4v) is 1.38. The van der Waals surface area contributed by atoms with Crippen LogP contribution in [0.5, 0.6) is 0 Å². The predicted octanol–water partition coefficient (Wildman–Crippen LogP) is -1.71. The normalized spacial score (nSPS) is 11.4. The lowest BCUT2D eigenvalue weighted by molar-refractivity contribution is 0.598. The summed E-state index contributed by atoms with van der Waals surface area (Å²) < 4.78 is 21.6. The number of anilines is 2. The molecule has 1 heterocycles. The summed E-state index contributed by atoms with van der Waals surface area (Å²) in [4.78, 5) is 6.44. The molecule has 0 spiro atoms. The molecule has 1 aromatic heterocycles. The topological polar surface area (TPSA) is 138 Å². The van der Waals surface area contributed by atoms with Gasteiger partial charge in [-0.2, -0.15) is 0 Å². The van der Waals surface area contributed by atoms with Crippen molar-refractivity contribution in [1.82, 2.24) is 9.97 Å². The van der Waals surface area contributed by atoms with Crippen molar-refractivity contribution in [2.24, 2.45) is 5.14 Å². The predicted molar refractivity (Wildman–Crippen MR) is 42.2 cm³/mol. The van der Waals surface area contributed by atoms with Crippen LogP contribution in [0.25, 0.3) is 0 Å². The number of aromatic nitrogens is 2. The number of nitrogen functional groups attached to an aromatic ring is 2. The van der Waals surface area contributed by atoms with Crippen LogP contribution in [0.2, 0.25) is 0 Å². The van der Waals surface area contributed by atoms with Crippen LogP contribution in [0.15, 0.2) is 11.2 Å². The lowest BCUT2D eigenvalue weighted by Crippen LogP contribution is -2.18. The summed E-state index contributed by atoms with van der Waals surface area (Å²) in [5, 5.41) is 4.79. The van der Waals surface area contributed by atoms with Crippen molar-refractivity contribution in [3.8, 4) is 0 Å². The van der Waals surface area contributed by atoms with Crippen molar-refractivity contribution in [2.45, 2.75) is 4.90 Å². The molecule has 0 aromatic carbocycles. The number of primary sulfonamides is 1. The van der Waals surface area contributed by atoms with Gasteiger partial charge in [-0.05, 0) is 0 Å². The largest absolute Gasteiger partial charge is 0.382 e. The number of nitrogens with two attached hydrogens (primary N) is 3. The Hall–Kier alpha value is -1.41. The summed E-state index contributed by atoms with van der Waals surface area (Å²) in [6, 6.07) is 0. The van der Waals surface area contributed by atoms with E-state index in [1.54, 1.807) is 0 Å². The van der Waals surface area contributed by atoms with Crippen LogP contribution < -0.4 is 16.6 Å². The summed E-state index contributed by atoms with van der Waals surface area (Å²) in [6.07, 6.45) is 1.05. The maximum Gasteiger partial charge on any atom is 0.245 e. The first-order valence-electron chi connectivity index (χ1n) is 2.81. The third-order valence-corrected chi connectivity index (χ3v) is 2.13. The van der Waals surface area contributed by atoms with E-state index in [9.17, 15) is 8.42 Å². The first-order valence-corrected chi connectivity index (χ1v) is 4.36. The maximum atomic E-state index is 10.8. The van der Waals surface area contributed by atoms with Crippen molar-refractivity contribution in [3.63, 3.8) is 0 Å². The Morgan fingerprint density at radius 2 is 1.58 bits per heavy atom. The molecule has 8 heteroatoms. The molecule has 66 valence electrons. The third kappa shape index (κ3) is 1.43. The molecule has 0 aliphatic rings. The minimum absolute atomic E-state index is 0.245. The molecule has 6 N–H and O–H groups in total. The molecule has 12 heavy (non-hydrogen) atoms. The first-order chi connectivity index (χ1) is 5.43. The fourth-order valence-electron chi connectivity index (χ4n) is 0.693. The summed E-state index contributed by atoms with van der Waals surface area (Å²) in [5.74, 6) is -0.491. The van der Waals surface area contributed by atoms with Crippen molar-refractivity contribution in [2.75, 3.05) is 11.5 Å². The van der Waals surface area contributed by atoms with Gasteiger partial charge in [0.05, 0.1) is 0 Å². The van der Waals surface area contributed by atoms with E-state index in [1.165, 1.54) is 0 Å². The second-order valence-electron chi connectivity index (χ2n) is 2.02. The molecular weight excluding hydrogens is 182 g/mol. The smallest absolute Gasteiger partial charge is 0.245 e. The van der Waals surface area contributed by atoms with Crippen molar-refractivity contribution in [3.05, 3.63) is 6.33 Å². The molecule has 0 unspecified atom stereocenters. The molecule has 0 bridgehead atoms. The van der Waals surface area contributed by atoms with E-state index in [0.29, 0.717) is 0 Å². The highest BCUT2D eigenvalue weighted by Gasteiger charge is 2.17. The van der Waals surface area contributed by atoms with E-state index < -0.39 is 14.9 Å². The Morgan fingerprint density at radius 1 is 1.17 bits per heavy atom. The Labute approximate surface area is 68.7 Å². The van der Waals surface area contributed by atoms with Gasteiger partial charge in [-0.15, -0.1) is 0 Å². The summed E-state index contributed by atoms with van der Waals surface area (Å²) in [5.41, 5.74) is 10.4. The van der Waals surface area contributed by atoms with E-state index in [0.717, 1.165) is 6.33 Å². The Bertz CT molecular complexity index is 380. The van der Waals surface area contributed by atoms with Crippen LogP contribution >= 0.6 is 0 Å². The molecule has 1 rings (SSSR count). The van der Waals surface area contributed by atoms with E-state index in [2.05, 4.69) is 9.97 Å². The number of sulfonamides is 1. The Kier molecular flexibility index (Phi) is 1.86. The second kappa shape index (κ2) is 2.57. The SMILES string of the molecule is Nc1ncnc(N)c1S(N)(=O)=O. The fraction of sp³-hybridized carbons (Fsp3) is 0. The molecule has 0 atom stereocenters. The van der Waals surface area contributed by atoms with Gasteiger partial charge in [0, 0.05) is 0 Å². The van der Waals surface area contributed by atoms with Gasteiger partial charge in [0.2, 0.25) is 10.0 Å². The number of hydrogen-bond donors (Lipinski definition) is 3. The van der Waals surface area contributed by atoms with E-state index in [-0.39, 0.29) is 11.6 Å². The molecule has 1 aromatic rings. The standard InChI is InChI=1S/C4H7N5O2S/c5-3-2(12(7,10)11)4(6)9-1-8-3/h1H,(H2,7,10,11)(H4,5,6,8,9).